The zero-order chi connectivity index (χ0) is 20.0. The summed E-state index contributed by atoms with van der Waals surface area (Å²) in [7, 11) is -0.620. The molecule has 0 aliphatic carbocycles. The molecule has 2 fully saturated rings. The second-order valence-electron chi connectivity index (χ2n) is 8.81. The Morgan fingerprint density at radius 2 is 1.67 bits per heavy atom. The molecule has 0 spiro atoms. The van der Waals surface area contributed by atoms with Gasteiger partial charge in [0.05, 0.1) is 17.3 Å². The summed E-state index contributed by atoms with van der Waals surface area (Å²) in [4.78, 5) is 8.25. The molecule has 0 aromatic carbocycles. The van der Waals surface area contributed by atoms with Crippen LogP contribution in [-0.2, 0) is 9.31 Å². The van der Waals surface area contributed by atoms with Crippen LogP contribution in [0, 0.1) is 17.3 Å². The molecule has 0 amide bonds. The van der Waals surface area contributed by atoms with Crippen LogP contribution in [0.25, 0.3) is 0 Å². The van der Waals surface area contributed by atoms with E-state index in [1.54, 1.807) is 0 Å². The standard InChI is InChI=1S/C19H28BFN4O2/c1-17(2,13-22)25-9-7-24(8-10-25)16-12-14(11-15(21)23-16)20-26-18(3,4)19(5,6)27-20/h11-12H,7-10H2,1-6H3. The Labute approximate surface area is 161 Å². The van der Waals surface area contributed by atoms with Crippen molar-refractivity contribution in [1.82, 2.24) is 9.88 Å². The van der Waals surface area contributed by atoms with Crippen LogP contribution in [0.15, 0.2) is 12.1 Å². The van der Waals surface area contributed by atoms with Crippen molar-refractivity contribution in [3.8, 4) is 6.07 Å². The molecule has 8 heteroatoms. The number of nitriles is 1. The van der Waals surface area contributed by atoms with E-state index >= 15 is 0 Å². The summed E-state index contributed by atoms with van der Waals surface area (Å²) in [5.74, 6) is 0.0334. The van der Waals surface area contributed by atoms with Gasteiger partial charge in [-0.05, 0) is 59.1 Å². The predicted molar refractivity (Wildman–Crippen MR) is 103 cm³/mol. The third-order valence-corrected chi connectivity index (χ3v) is 6.00. The first-order valence-electron chi connectivity index (χ1n) is 9.39. The quantitative estimate of drug-likeness (QED) is 0.595. The van der Waals surface area contributed by atoms with Gasteiger partial charge in [0.2, 0.25) is 5.95 Å². The Bertz CT molecular complexity index is 739. The van der Waals surface area contributed by atoms with E-state index in [4.69, 9.17) is 9.31 Å². The predicted octanol–water partition coefficient (Wildman–Crippen LogP) is 1.94. The molecule has 6 nitrogen and oxygen atoms in total. The van der Waals surface area contributed by atoms with Gasteiger partial charge < -0.3 is 14.2 Å². The first-order chi connectivity index (χ1) is 12.4. The van der Waals surface area contributed by atoms with Crippen molar-refractivity contribution in [3.63, 3.8) is 0 Å². The largest absolute Gasteiger partial charge is 0.495 e. The van der Waals surface area contributed by atoms with Crippen molar-refractivity contribution in [3.05, 3.63) is 18.1 Å². The maximum atomic E-state index is 14.2. The minimum atomic E-state index is -0.620. The van der Waals surface area contributed by atoms with Crippen LogP contribution in [-0.4, -0.2) is 59.9 Å². The maximum absolute atomic E-state index is 14.2. The molecule has 0 bridgehead atoms. The van der Waals surface area contributed by atoms with Crippen molar-refractivity contribution >= 4 is 18.4 Å². The molecule has 0 radical (unpaired) electrons. The number of hydrogen-bond donors (Lipinski definition) is 0. The molecule has 1 aromatic heterocycles. The molecule has 0 saturated carbocycles. The zero-order valence-electron chi connectivity index (χ0n) is 17.0. The summed E-state index contributed by atoms with van der Waals surface area (Å²) in [6, 6.07) is 5.55. The fourth-order valence-corrected chi connectivity index (χ4v) is 3.34. The van der Waals surface area contributed by atoms with E-state index in [0.717, 1.165) is 13.1 Å². The van der Waals surface area contributed by atoms with E-state index in [9.17, 15) is 9.65 Å². The number of aromatic nitrogens is 1. The fourth-order valence-electron chi connectivity index (χ4n) is 3.34. The van der Waals surface area contributed by atoms with Crippen LogP contribution in [0.2, 0.25) is 0 Å². The van der Waals surface area contributed by atoms with Crippen molar-refractivity contribution in [2.45, 2.75) is 58.3 Å². The molecule has 3 heterocycles. The number of pyridine rings is 1. The fraction of sp³-hybridized carbons (Fsp3) is 0.684. The summed E-state index contributed by atoms with van der Waals surface area (Å²) >= 11 is 0. The lowest BCUT2D eigenvalue weighted by Gasteiger charge is -2.41. The molecular weight excluding hydrogens is 346 g/mol. The molecule has 1 aromatic rings. The monoisotopic (exact) mass is 374 g/mol. The van der Waals surface area contributed by atoms with Gasteiger partial charge in [-0.15, -0.1) is 0 Å². The van der Waals surface area contributed by atoms with Gasteiger partial charge in [0.15, 0.2) is 0 Å². The molecule has 3 rings (SSSR count). The topological polar surface area (TPSA) is 61.6 Å². The molecule has 0 unspecified atom stereocenters. The average Bonchev–Trinajstić information content (AvgIpc) is 2.82. The second kappa shape index (κ2) is 6.73. The SMILES string of the molecule is CC(C)(C#N)N1CCN(c2cc(B3OC(C)(C)C(C)(C)O3)cc(F)n2)CC1. The number of nitrogens with zero attached hydrogens (tertiary/aromatic N) is 4. The van der Waals surface area contributed by atoms with Crippen molar-refractivity contribution in [1.29, 1.82) is 5.26 Å². The summed E-state index contributed by atoms with van der Waals surface area (Å²) in [6.07, 6.45) is 0. The van der Waals surface area contributed by atoms with Crippen molar-refractivity contribution in [2.75, 3.05) is 31.1 Å². The van der Waals surface area contributed by atoms with Gasteiger partial charge in [0.25, 0.3) is 0 Å². The Balaban J connectivity index is 1.77. The summed E-state index contributed by atoms with van der Waals surface area (Å²) < 4.78 is 26.3. The van der Waals surface area contributed by atoms with Gasteiger partial charge >= 0.3 is 7.12 Å². The lowest BCUT2D eigenvalue weighted by molar-refractivity contribution is 0.00578. The number of anilines is 1. The lowest BCUT2D eigenvalue weighted by Crippen LogP contribution is -2.54. The molecule has 0 N–H and O–H groups in total. The third kappa shape index (κ3) is 3.82. The van der Waals surface area contributed by atoms with E-state index in [-0.39, 0.29) is 0 Å². The highest BCUT2D eigenvalue weighted by molar-refractivity contribution is 6.62. The number of halogens is 1. The smallest absolute Gasteiger partial charge is 0.399 e. The molecule has 2 saturated heterocycles. The molecule has 0 atom stereocenters. The maximum Gasteiger partial charge on any atom is 0.495 e. The van der Waals surface area contributed by atoms with E-state index < -0.39 is 29.8 Å². The van der Waals surface area contributed by atoms with E-state index in [1.807, 2.05) is 52.5 Å². The van der Waals surface area contributed by atoms with E-state index in [1.165, 1.54) is 6.07 Å². The van der Waals surface area contributed by atoms with Crippen LogP contribution < -0.4 is 10.4 Å². The average molecular weight is 374 g/mol. The Morgan fingerprint density at radius 1 is 1.11 bits per heavy atom. The third-order valence-electron chi connectivity index (χ3n) is 6.00. The van der Waals surface area contributed by atoms with E-state index in [2.05, 4.69) is 16.0 Å². The number of piperazine rings is 1. The van der Waals surface area contributed by atoms with Gasteiger partial charge in [0, 0.05) is 26.2 Å². The molecule has 146 valence electrons. The highest BCUT2D eigenvalue weighted by atomic mass is 19.1. The van der Waals surface area contributed by atoms with E-state index in [0.29, 0.717) is 24.4 Å². The second-order valence-corrected chi connectivity index (χ2v) is 8.81. The van der Waals surface area contributed by atoms with Crippen LogP contribution in [0.5, 0.6) is 0 Å². The molecule has 27 heavy (non-hydrogen) atoms. The molecule has 2 aliphatic rings. The zero-order valence-corrected chi connectivity index (χ0v) is 17.0. The highest BCUT2D eigenvalue weighted by Gasteiger charge is 2.52. The first-order valence-corrected chi connectivity index (χ1v) is 9.39. The van der Waals surface area contributed by atoms with Crippen LogP contribution in [0.3, 0.4) is 0 Å². The minimum Gasteiger partial charge on any atom is -0.399 e. The van der Waals surface area contributed by atoms with Crippen molar-refractivity contribution < 1.29 is 13.7 Å². The van der Waals surface area contributed by atoms with Gasteiger partial charge in [0.1, 0.15) is 11.4 Å². The van der Waals surface area contributed by atoms with Crippen LogP contribution in [0.1, 0.15) is 41.5 Å². The van der Waals surface area contributed by atoms with Gasteiger partial charge in [-0.25, -0.2) is 4.98 Å². The number of rotatable bonds is 3. The Morgan fingerprint density at radius 3 is 2.19 bits per heavy atom. The summed E-state index contributed by atoms with van der Waals surface area (Å²) in [5, 5.41) is 9.31. The normalized spacial score (nSPS) is 22.7. The van der Waals surface area contributed by atoms with Crippen LogP contribution in [0.4, 0.5) is 10.2 Å². The number of hydrogen-bond acceptors (Lipinski definition) is 6. The molecular formula is C19H28BFN4O2. The highest BCUT2D eigenvalue weighted by Crippen LogP contribution is 2.36. The Hall–Kier alpha value is -1.69. The first kappa shape index (κ1) is 20.1. The lowest BCUT2D eigenvalue weighted by atomic mass is 9.79. The van der Waals surface area contributed by atoms with Gasteiger partial charge in [-0.3, -0.25) is 4.90 Å². The summed E-state index contributed by atoms with van der Waals surface area (Å²) in [6.45, 7) is 14.6. The molecule has 2 aliphatic heterocycles. The van der Waals surface area contributed by atoms with Gasteiger partial charge in [-0.2, -0.15) is 9.65 Å². The Kier molecular flexibility index (Phi) is 5.00. The minimum absolute atomic E-state index is 0.480. The van der Waals surface area contributed by atoms with Crippen molar-refractivity contribution in [2.24, 2.45) is 0 Å². The van der Waals surface area contributed by atoms with Crippen LogP contribution >= 0.6 is 0 Å². The van der Waals surface area contributed by atoms with Gasteiger partial charge in [-0.1, -0.05) is 0 Å². The summed E-state index contributed by atoms with van der Waals surface area (Å²) in [5.41, 5.74) is -0.830.